The largest absolute Gasteiger partial charge is 0.356 e. The van der Waals surface area contributed by atoms with E-state index in [2.05, 4.69) is 33.4 Å². The molecule has 0 aliphatic rings. The lowest BCUT2D eigenvalue weighted by Gasteiger charge is -2.06. The minimum Gasteiger partial charge on any atom is -0.356 e. The predicted octanol–water partition coefficient (Wildman–Crippen LogP) is 4.13. The van der Waals surface area contributed by atoms with Gasteiger partial charge in [-0.25, -0.2) is 0 Å². The summed E-state index contributed by atoms with van der Waals surface area (Å²) in [5.74, 6) is 0.124. The Morgan fingerprint density at radius 2 is 1.67 bits per heavy atom. The quantitative estimate of drug-likeness (QED) is 0.751. The molecule has 2 nitrogen and oxygen atoms in total. The Hall–Kier alpha value is -1.61. The van der Waals surface area contributed by atoms with Crippen LogP contribution in [-0.4, -0.2) is 12.5 Å². The standard InChI is InChI=1S/C18H20BrNO/c19-17-11-5-4-10-16(17)12-13-18(21)20-14-6-9-15-7-2-1-3-8-15/h1-5,7-8,10-11H,6,9,12-14H2,(H,20,21). The summed E-state index contributed by atoms with van der Waals surface area (Å²) in [4.78, 5) is 11.8. The third-order valence-electron chi connectivity index (χ3n) is 3.39. The van der Waals surface area contributed by atoms with E-state index in [1.54, 1.807) is 0 Å². The number of hydrogen-bond acceptors (Lipinski definition) is 1. The molecular formula is C18H20BrNO. The highest BCUT2D eigenvalue weighted by molar-refractivity contribution is 9.10. The SMILES string of the molecule is O=C(CCc1ccccc1Br)NCCCc1ccccc1. The van der Waals surface area contributed by atoms with E-state index in [1.165, 1.54) is 11.1 Å². The molecule has 0 aromatic heterocycles. The molecule has 110 valence electrons. The molecule has 1 amide bonds. The highest BCUT2D eigenvalue weighted by Crippen LogP contribution is 2.17. The van der Waals surface area contributed by atoms with Crippen molar-refractivity contribution in [2.24, 2.45) is 0 Å². The molecule has 0 aliphatic heterocycles. The van der Waals surface area contributed by atoms with E-state index in [0.717, 1.165) is 30.3 Å². The van der Waals surface area contributed by atoms with Gasteiger partial charge in [0.25, 0.3) is 0 Å². The molecule has 21 heavy (non-hydrogen) atoms. The molecule has 3 heteroatoms. The second-order valence-corrected chi connectivity index (χ2v) is 5.88. The zero-order chi connectivity index (χ0) is 14.9. The minimum atomic E-state index is 0.124. The number of nitrogens with one attached hydrogen (secondary N) is 1. The van der Waals surface area contributed by atoms with Gasteiger partial charge in [0.05, 0.1) is 0 Å². The topological polar surface area (TPSA) is 29.1 Å². The maximum Gasteiger partial charge on any atom is 0.220 e. The van der Waals surface area contributed by atoms with Crippen LogP contribution in [-0.2, 0) is 17.6 Å². The van der Waals surface area contributed by atoms with Crippen LogP contribution in [0.3, 0.4) is 0 Å². The molecule has 1 N–H and O–H groups in total. The van der Waals surface area contributed by atoms with Crippen molar-refractivity contribution in [3.8, 4) is 0 Å². The van der Waals surface area contributed by atoms with Crippen molar-refractivity contribution < 1.29 is 4.79 Å². The Labute approximate surface area is 134 Å². The Bertz CT molecular complexity index is 568. The van der Waals surface area contributed by atoms with Crippen LogP contribution in [0.15, 0.2) is 59.1 Å². The molecule has 2 aromatic carbocycles. The fourth-order valence-corrected chi connectivity index (χ4v) is 2.69. The summed E-state index contributed by atoms with van der Waals surface area (Å²) in [6, 6.07) is 18.4. The predicted molar refractivity (Wildman–Crippen MR) is 90.2 cm³/mol. The third kappa shape index (κ3) is 5.72. The molecule has 0 fully saturated rings. The summed E-state index contributed by atoms with van der Waals surface area (Å²) in [6.07, 6.45) is 3.29. The molecule has 2 rings (SSSR count). The second-order valence-electron chi connectivity index (χ2n) is 5.03. The van der Waals surface area contributed by atoms with Gasteiger partial charge in [-0.05, 0) is 36.5 Å². The third-order valence-corrected chi connectivity index (χ3v) is 4.16. The molecule has 0 unspecified atom stereocenters. The van der Waals surface area contributed by atoms with Crippen molar-refractivity contribution in [3.63, 3.8) is 0 Å². The van der Waals surface area contributed by atoms with Gasteiger partial charge in [-0.1, -0.05) is 64.5 Å². The molecule has 0 aliphatic carbocycles. The van der Waals surface area contributed by atoms with Gasteiger partial charge in [0.2, 0.25) is 5.91 Å². The molecule has 0 saturated carbocycles. The van der Waals surface area contributed by atoms with Gasteiger partial charge in [-0.3, -0.25) is 4.79 Å². The van der Waals surface area contributed by atoms with Crippen molar-refractivity contribution in [2.45, 2.75) is 25.7 Å². The average Bonchev–Trinajstić information content (AvgIpc) is 2.52. The number of rotatable bonds is 7. The smallest absolute Gasteiger partial charge is 0.220 e. The van der Waals surface area contributed by atoms with E-state index in [0.29, 0.717) is 6.42 Å². The number of hydrogen-bond donors (Lipinski definition) is 1. The number of benzene rings is 2. The Kier molecular flexibility index (Phi) is 6.48. The number of carbonyl (C=O) groups is 1. The lowest BCUT2D eigenvalue weighted by Crippen LogP contribution is -2.25. The van der Waals surface area contributed by atoms with Gasteiger partial charge in [-0.2, -0.15) is 0 Å². The van der Waals surface area contributed by atoms with Crippen molar-refractivity contribution in [1.82, 2.24) is 5.32 Å². The fourth-order valence-electron chi connectivity index (χ4n) is 2.20. The number of amides is 1. The van der Waals surface area contributed by atoms with Crippen LogP contribution in [0.1, 0.15) is 24.0 Å². The summed E-state index contributed by atoms with van der Waals surface area (Å²) >= 11 is 3.50. The van der Waals surface area contributed by atoms with E-state index in [9.17, 15) is 4.79 Å². The molecule has 0 spiro atoms. The molecule has 0 bridgehead atoms. The van der Waals surface area contributed by atoms with Crippen LogP contribution in [0.2, 0.25) is 0 Å². The first-order chi connectivity index (χ1) is 10.3. The lowest BCUT2D eigenvalue weighted by atomic mass is 10.1. The molecule has 0 heterocycles. The Morgan fingerprint density at radius 1 is 0.952 bits per heavy atom. The van der Waals surface area contributed by atoms with Crippen molar-refractivity contribution in [2.75, 3.05) is 6.54 Å². The van der Waals surface area contributed by atoms with Gasteiger partial charge in [0, 0.05) is 17.4 Å². The zero-order valence-corrected chi connectivity index (χ0v) is 13.6. The average molecular weight is 346 g/mol. The first-order valence-corrected chi connectivity index (χ1v) is 8.09. The summed E-state index contributed by atoms with van der Waals surface area (Å²) in [7, 11) is 0. The Balaban J connectivity index is 1.63. The minimum absolute atomic E-state index is 0.124. The van der Waals surface area contributed by atoms with E-state index < -0.39 is 0 Å². The monoisotopic (exact) mass is 345 g/mol. The number of carbonyl (C=O) groups excluding carboxylic acids is 1. The highest BCUT2D eigenvalue weighted by Gasteiger charge is 2.04. The summed E-state index contributed by atoms with van der Waals surface area (Å²) in [5, 5.41) is 2.99. The van der Waals surface area contributed by atoms with E-state index in [1.807, 2.05) is 42.5 Å². The van der Waals surface area contributed by atoms with Crippen molar-refractivity contribution >= 4 is 21.8 Å². The van der Waals surface area contributed by atoms with Gasteiger partial charge < -0.3 is 5.32 Å². The maximum atomic E-state index is 11.8. The van der Waals surface area contributed by atoms with Crippen LogP contribution in [0, 0.1) is 0 Å². The molecule has 0 atom stereocenters. The maximum absolute atomic E-state index is 11.8. The fraction of sp³-hybridized carbons (Fsp3) is 0.278. The first-order valence-electron chi connectivity index (χ1n) is 7.30. The van der Waals surface area contributed by atoms with Gasteiger partial charge in [-0.15, -0.1) is 0 Å². The van der Waals surface area contributed by atoms with Gasteiger partial charge in [0.15, 0.2) is 0 Å². The van der Waals surface area contributed by atoms with Gasteiger partial charge >= 0.3 is 0 Å². The van der Waals surface area contributed by atoms with Crippen molar-refractivity contribution in [3.05, 3.63) is 70.2 Å². The molecular weight excluding hydrogens is 326 g/mol. The lowest BCUT2D eigenvalue weighted by molar-refractivity contribution is -0.121. The summed E-state index contributed by atoms with van der Waals surface area (Å²) in [5.41, 5.74) is 2.50. The normalized spacial score (nSPS) is 10.3. The van der Waals surface area contributed by atoms with Gasteiger partial charge in [0.1, 0.15) is 0 Å². The molecule has 0 saturated heterocycles. The van der Waals surface area contributed by atoms with Crippen LogP contribution < -0.4 is 5.32 Å². The molecule has 0 radical (unpaired) electrons. The van der Waals surface area contributed by atoms with E-state index in [4.69, 9.17) is 0 Å². The van der Waals surface area contributed by atoms with Crippen LogP contribution in [0.5, 0.6) is 0 Å². The number of halogens is 1. The summed E-state index contributed by atoms with van der Waals surface area (Å²) in [6.45, 7) is 0.740. The van der Waals surface area contributed by atoms with Crippen LogP contribution >= 0.6 is 15.9 Å². The molecule has 2 aromatic rings. The zero-order valence-electron chi connectivity index (χ0n) is 12.0. The highest BCUT2D eigenvalue weighted by atomic mass is 79.9. The van der Waals surface area contributed by atoms with Crippen LogP contribution in [0.25, 0.3) is 0 Å². The Morgan fingerprint density at radius 3 is 2.43 bits per heavy atom. The van der Waals surface area contributed by atoms with E-state index >= 15 is 0 Å². The van der Waals surface area contributed by atoms with E-state index in [-0.39, 0.29) is 5.91 Å². The second kappa shape index (κ2) is 8.63. The summed E-state index contributed by atoms with van der Waals surface area (Å²) < 4.78 is 1.07. The van der Waals surface area contributed by atoms with Crippen LogP contribution in [0.4, 0.5) is 0 Å². The van der Waals surface area contributed by atoms with Crippen molar-refractivity contribution in [1.29, 1.82) is 0 Å². The number of aryl methyl sites for hydroxylation is 2. The first kappa shape index (κ1) is 15.8.